The molecule has 2 atom stereocenters. The second kappa shape index (κ2) is 5.50. The molecule has 0 heterocycles. The number of hydrogen-bond acceptors (Lipinski definition) is 2. The maximum absolute atomic E-state index is 13.4. The SMILES string of the molecule is CNCC1CCCC1c1cc(F)ccc1OC. The van der Waals surface area contributed by atoms with Crippen molar-refractivity contribution in [3.8, 4) is 5.75 Å². The minimum absolute atomic E-state index is 0.170. The number of ether oxygens (including phenoxy) is 1. The van der Waals surface area contributed by atoms with Crippen molar-refractivity contribution in [3.05, 3.63) is 29.6 Å². The van der Waals surface area contributed by atoms with E-state index in [1.165, 1.54) is 18.9 Å². The standard InChI is InChI=1S/C14H20FNO/c1-16-9-10-4-3-5-12(10)13-8-11(15)6-7-14(13)17-2/h6-8,10,12,16H,3-5,9H2,1-2H3. The van der Waals surface area contributed by atoms with Gasteiger partial charge in [-0.3, -0.25) is 0 Å². The van der Waals surface area contributed by atoms with Crippen LogP contribution in [0, 0.1) is 11.7 Å². The summed E-state index contributed by atoms with van der Waals surface area (Å²) in [6.07, 6.45) is 3.56. The number of benzene rings is 1. The predicted octanol–water partition coefficient (Wildman–Crippen LogP) is 2.94. The molecule has 0 saturated heterocycles. The summed E-state index contributed by atoms with van der Waals surface area (Å²) in [6, 6.07) is 4.83. The van der Waals surface area contributed by atoms with Gasteiger partial charge < -0.3 is 10.1 Å². The van der Waals surface area contributed by atoms with Crippen LogP contribution in [0.1, 0.15) is 30.7 Å². The van der Waals surface area contributed by atoms with Crippen molar-refractivity contribution in [2.45, 2.75) is 25.2 Å². The van der Waals surface area contributed by atoms with Crippen molar-refractivity contribution in [3.63, 3.8) is 0 Å². The molecule has 0 spiro atoms. The van der Waals surface area contributed by atoms with Crippen LogP contribution in [0.25, 0.3) is 0 Å². The fraction of sp³-hybridized carbons (Fsp3) is 0.571. The Kier molecular flexibility index (Phi) is 4.00. The lowest BCUT2D eigenvalue weighted by atomic mass is 9.88. The fourth-order valence-corrected chi connectivity index (χ4v) is 2.95. The van der Waals surface area contributed by atoms with Crippen LogP contribution in [-0.2, 0) is 0 Å². The topological polar surface area (TPSA) is 21.3 Å². The van der Waals surface area contributed by atoms with Gasteiger partial charge in [0, 0.05) is 5.56 Å². The van der Waals surface area contributed by atoms with Gasteiger partial charge in [0.15, 0.2) is 0 Å². The van der Waals surface area contributed by atoms with Gasteiger partial charge in [0.1, 0.15) is 11.6 Å². The Balaban J connectivity index is 2.28. The van der Waals surface area contributed by atoms with Crippen LogP contribution in [0.4, 0.5) is 4.39 Å². The maximum Gasteiger partial charge on any atom is 0.123 e. The van der Waals surface area contributed by atoms with Gasteiger partial charge >= 0.3 is 0 Å². The third-order valence-electron chi connectivity index (χ3n) is 3.72. The minimum atomic E-state index is -0.170. The molecule has 1 aliphatic rings. The third kappa shape index (κ3) is 2.60. The molecule has 0 aromatic heterocycles. The van der Waals surface area contributed by atoms with Gasteiger partial charge in [0.2, 0.25) is 0 Å². The molecule has 1 saturated carbocycles. The van der Waals surface area contributed by atoms with E-state index >= 15 is 0 Å². The van der Waals surface area contributed by atoms with Gasteiger partial charge in [-0.2, -0.15) is 0 Å². The van der Waals surface area contributed by atoms with Crippen LogP contribution in [0.3, 0.4) is 0 Å². The molecule has 1 fully saturated rings. The first-order valence-corrected chi connectivity index (χ1v) is 6.24. The first-order chi connectivity index (χ1) is 8.26. The minimum Gasteiger partial charge on any atom is -0.496 e. The van der Waals surface area contributed by atoms with Crippen molar-refractivity contribution in [2.75, 3.05) is 20.7 Å². The first-order valence-electron chi connectivity index (χ1n) is 6.24. The Hall–Kier alpha value is -1.09. The molecule has 2 nitrogen and oxygen atoms in total. The lowest BCUT2D eigenvalue weighted by Gasteiger charge is -2.21. The Morgan fingerprint density at radius 1 is 1.41 bits per heavy atom. The van der Waals surface area contributed by atoms with Gasteiger partial charge in [-0.15, -0.1) is 0 Å². The Morgan fingerprint density at radius 3 is 2.94 bits per heavy atom. The highest BCUT2D eigenvalue weighted by atomic mass is 19.1. The van der Waals surface area contributed by atoms with Crippen LogP contribution in [0.5, 0.6) is 5.75 Å². The van der Waals surface area contributed by atoms with Gasteiger partial charge in [-0.05, 0) is 56.5 Å². The highest BCUT2D eigenvalue weighted by Gasteiger charge is 2.30. The van der Waals surface area contributed by atoms with E-state index in [2.05, 4.69) is 5.32 Å². The van der Waals surface area contributed by atoms with E-state index in [4.69, 9.17) is 4.74 Å². The van der Waals surface area contributed by atoms with E-state index in [9.17, 15) is 4.39 Å². The van der Waals surface area contributed by atoms with Gasteiger partial charge in [0.25, 0.3) is 0 Å². The van der Waals surface area contributed by atoms with E-state index in [0.717, 1.165) is 24.3 Å². The maximum atomic E-state index is 13.4. The molecular formula is C14H20FNO. The summed E-state index contributed by atoms with van der Waals surface area (Å²) in [5.41, 5.74) is 1.03. The average molecular weight is 237 g/mol. The van der Waals surface area contributed by atoms with Crippen LogP contribution in [-0.4, -0.2) is 20.7 Å². The lowest BCUT2D eigenvalue weighted by molar-refractivity contribution is 0.390. The van der Waals surface area contributed by atoms with Crippen molar-refractivity contribution < 1.29 is 9.13 Å². The highest BCUT2D eigenvalue weighted by Crippen LogP contribution is 2.42. The summed E-state index contributed by atoms with van der Waals surface area (Å²) in [5.74, 6) is 1.67. The van der Waals surface area contributed by atoms with E-state index < -0.39 is 0 Å². The van der Waals surface area contributed by atoms with Crippen molar-refractivity contribution in [2.24, 2.45) is 5.92 Å². The Morgan fingerprint density at radius 2 is 2.24 bits per heavy atom. The molecule has 1 aromatic carbocycles. The number of nitrogens with one attached hydrogen (secondary N) is 1. The first kappa shape index (κ1) is 12.4. The number of methoxy groups -OCH3 is 1. The summed E-state index contributed by atoms with van der Waals surface area (Å²) in [6.45, 7) is 0.990. The molecule has 1 aromatic rings. The van der Waals surface area contributed by atoms with Crippen LogP contribution >= 0.6 is 0 Å². The van der Waals surface area contributed by atoms with E-state index in [1.54, 1.807) is 19.2 Å². The van der Waals surface area contributed by atoms with Crippen molar-refractivity contribution in [1.82, 2.24) is 5.32 Å². The van der Waals surface area contributed by atoms with Gasteiger partial charge in [-0.1, -0.05) is 6.42 Å². The summed E-state index contributed by atoms with van der Waals surface area (Å²) in [7, 11) is 3.62. The molecule has 1 N–H and O–H groups in total. The molecule has 0 aliphatic heterocycles. The fourth-order valence-electron chi connectivity index (χ4n) is 2.95. The summed E-state index contributed by atoms with van der Waals surface area (Å²) in [5, 5.41) is 3.23. The molecule has 3 heteroatoms. The number of halogens is 1. The highest BCUT2D eigenvalue weighted by molar-refractivity contribution is 5.37. The summed E-state index contributed by atoms with van der Waals surface area (Å²) < 4.78 is 18.7. The third-order valence-corrected chi connectivity index (χ3v) is 3.72. The Labute approximate surface area is 102 Å². The van der Waals surface area contributed by atoms with E-state index in [1.807, 2.05) is 7.05 Å². The molecule has 2 unspecified atom stereocenters. The molecule has 17 heavy (non-hydrogen) atoms. The molecule has 2 rings (SSSR count). The normalized spacial score (nSPS) is 23.9. The zero-order valence-electron chi connectivity index (χ0n) is 10.5. The summed E-state index contributed by atoms with van der Waals surface area (Å²) in [4.78, 5) is 0. The smallest absolute Gasteiger partial charge is 0.123 e. The zero-order chi connectivity index (χ0) is 12.3. The second-order valence-corrected chi connectivity index (χ2v) is 4.74. The molecule has 0 radical (unpaired) electrons. The van der Waals surface area contributed by atoms with Crippen molar-refractivity contribution in [1.29, 1.82) is 0 Å². The van der Waals surface area contributed by atoms with Crippen LogP contribution in [0.15, 0.2) is 18.2 Å². The largest absolute Gasteiger partial charge is 0.496 e. The van der Waals surface area contributed by atoms with E-state index in [0.29, 0.717) is 11.8 Å². The molecule has 0 bridgehead atoms. The molecule has 94 valence electrons. The quantitative estimate of drug-likeness (QED) is 0.869. The van der Waals surface area contributed by atoms with Crippen LogP contribution < -0.4 is 10.1 Å². The lowest BCUT2D eigenvalue weighted by Crippen LogP contribution is -2.21. The molecular weight excluding hydrogens is 217 g/mol. The van der Waals surface area contributed by atoms with Crippen molar-refractivity contribution >= 4 is 0 Å². The number of rotatable bonds is 4. The number of hydrogen-bond donors (Lipinski definition) is 1. The molecule has 1 aliphatic carbocycles. The van der Waals surface area contributed by atoms with E-state index in [-0.39, 0.29) is 5.82 Å². The average Bonchev–Trinajstić information content (AvgIpc) is 2.77. The van der Waals surface area contributed by atoms with Gasteiger partial charge in [-0.25, -0.2) is 4.39 Å². The van der Waals surface area contributed by atoms with Crippen LogP contribution in [0.2, 0.25) is 0 Å². The second-order valence-electron chi connectivity index (χ2n) is 4.74. The molecule has 0 amide bonds. The Bertz CT molecular complexity index is 380. The predicted molar refractivity (Wildman–Crippen MR) is 67.0 cm³/mol. The zero-order valence-corrected chi connectivity index (χ0v) is 10.5. The van der Waals surface area contributed by atoms with Gasteiger partial charge in [0.05, 0.1) is 7.11 Å². The monoisotopic (exact) mass is 237 g/mol. The summed E-state index contributed by atoms with van der Waals surface area (Å²) >= 11 is 0.